The fourth-order valence-electron chi connectivity index (χ4n) is 0.242. The molecule has 0 atom stereocenters. The predicted molar refractivity (Wildman–Crippen MR) is 25.3 cm³/mol. The van der Waals surface area contributed by atoms with Crippen molar-refractivity contribution < 1.29 is 0 Å². The van der Waals surface area contributed by atoms with Crippen molar-refractivity contribution in [2.75, 3.05) is 0 Å². The number of halogens is 1. The first-order chi connectivity index (χ1) is 2.89. The molecule has 1 aliphatic rings. The Labute approximate surface area is 40.5 Å². The molecule has 1 heterocycles. The molecule has 0 saturated carbocycles. The second-order valence-corrected chi connectivity index (χ2v) is 1.28. The third-order valence-corrected chi connectivity index (χ3v) is 0.672. The Kier molecular flexibility index (Phi) is 0.801. The smallest absolute Gasteiger partial charge is 0.245 e. The van der Waals surface area contributed by atoms with Gasteiger partial charge < -0.3 is 0 Å². The van der Waals surface area contributed by atoms with Crippen LogP contribution in [-0.4, -0.2) is 6.34 Å². The average Bonchev–Trinajstić information content (AvgIpc) is 1.86. The third kappa shape index (κ3) is 0.518. The van der Waals surface area contributed by atoms with Crippen molar-refractivity contribution in [3.05, 3.63) is 11.4 Å². The molecular weight excluding hydrogens is 99.5 g/mol. The van der Waals surface area contributed by atoms with Gasteiger partial charge in [-0.1, -0.05) is 0 Å². The minimum absolute atomic E-state index is 0.509. The van der Waals surface area contributed by atoms with Crippen LogP contribution in [0.5, 0.6) is 0 Å². The number of hydrogen-bond acceptors (Lipinski definition) is 2. The highest BCUT2D eigenvalue weighted by Crippen LogP contribution is 1.92. The van der Waals surface area contributed by atoms with E-state index in [-0.39, 0.29) is 0 Å². The second-order valence-electron chi connectivity index (χ2n) is 0.892. The lowest BCUT2D eigenvalue weighted by Gasteiger charge is -1.57. The lowest BCUT2D eigenvalue weighted by Crippen LogP contribution is -1.94. The molecule has 6 heavy (non-hydrogen) atoms. The summed E-state index contributed by atoms with van der Waals surface area (Å²) >= 11 is 5.31. The van der Waals surface area contributed by atoms with E-state index in [0.29, 0.717) is 5.16 Å². The van der Waals surface area contributed by atoms with E-state index in [4.69, 9.17) is 11.6 Å². The maximum atomic E-state index is 5.31. The molecule has 1 N–H and O–H groups in total. The SMILES string of the molecule is ClC1=CNC=[N+]1. The van der Waals surface area contributed by atoms with Crippen molar-refractivity contribution in [3.8, 4) is 0 Å². The predicted octanol–water partition coefficient (Wildman–Crippen LogP) is -0.00860. The lowest BCUT2D eigenvalue weighted by molar-refractivity contribution is 1.37. The van der Waals surface area contributed by atoms with Crippen LogP contribution in [0.4, 0.5) is 0 Å². The van der Waals surface area contributed by atoms with E-state index in [1.807, 2.05) is 0 Å². The number of rotatable bonds is 0. The van der Waals surface area contributed by atoms with E-state index in [1.165, 1.54) is 6.34 Å². The van der Waals surface area contributed by atoms with Gasteiger partial charge >= 0.3 is 0 Å². The highest BCUT2D eigenvalue weighted by molar-refractivity contribution is 6.29. The van der Waals surface area contributed by atoms with Crippen LogP contribution in [0, 0.1) is 0 Å². The first-order valence-electron chi connectivity index (χ1n) is 1.54. The Morgan fingerprint density at radius 2 is 2.67 bits per heavy atom. The molecule has 1 radical (unpaired) electrons. The van der Waals surface area contributed by atoms with Crippen molar-refractivity contribution in [1.29, 1.82) is 0 Å². The van der Waals surface area contributed by atoms with E-state index in [0.717, 1.165) is 0 Å². The maximum absolute atomic E-state index is 5.31. The zero-order chi connectivity index (χ0) is 4.41. The summed E-state index contributed by atoms with van der Waals surface area (Å²) in [5, 5.41) is 3.20. The molecule has 1 aliphatic heterocycles. The molecule has 0 aromatic rings. The van der Waals surface area contributed by atoms with Gasteiger partial charge in [0.25, 0.3) is 11.5 Å². The highest BCUT2D eigenvalue weighted by Gasteiger charge is 2.00. The molecule has 0 unspecified atom stereocenters. The molecule has 2 nitrogen and oxygen atoms in total. The topological polar surface area (TPSA) is 26.1 Å². The first kappa shape index (κ1) is 3.68. The summed E-state index contributed by atoms with van der Waals surface area (Å²) in [5.74, 6) is 0. The van der Waals surface area contributed by atoms with Gasteiger partial charge in [0.05, 0.1) is 0 Å². The maximum Gasteiger partial charge on any atom is 0.286 e. The van der Waals surface area contributed by atoms with Crippen LogP contribution in [0.2, 0.25) is 0 Å². The number of aliphatic imine (C=N–C) groups is 1. The standard InChI is InChI=1S/C3H3ClN2/c4-3-1-5-2-6-3/h1-2,5H/q+1. The van der Waals surface area contributed by atoms with Gasteiger partial charge in [-0.05, 0) is 16.6 Å². The summed E-state index contributed by atoms with van der Waals surface area (Å²) in [6.07, 6.45) is 3.14. The summed E-state index contributed by atoms with van der Waals surface area (Å²) in [6.45, 7) is 0. The van der Waals surface area contributed by atoms with E-state index >= 15 is 0 Å². The summed E-state index contributed by atoms with van der Waals surface area (Å²) in [6, 6.07) is 0. The van der Waals surface area contributed by atoms with Gasteiger partial charge in [-0.3, -0.25) is 0 Å². The number of nitrogens with one attached hydrogen (secondary N) is 1. The molecule has 31 valence electrons. The third-order valence-electron chi connectivity index (χ3n) is 0.465. The fourth-order valence-corrected chi connectivity index (χ4v) is 0.354. The van der Waals surface area contributed by atoms with Crippen LogP contribution >= 0.6 is 11.6 Å². The minimum atomic E-state index is 0.509. The fraction of sp³-hybridized carbons (Fsp3) is 0. The molecule has 1 rings (SSSR count). The van der Waals surface area contributed by atoms with Gasteiger partial charge in [0.2, 0.25) is 0 Å². The quantitative estimate of drug-likeness (QED) is 0.428. The molecule has 0 bridgehead atoms. The molecule has 0 fully saturated rings. The van der Waals surface area contributed by atoms with Crippen LogP contribution in [0.25, 0.3) is 0 Å². The Morgan fingerprint density at radius 3 is 2.83 bits per heavy atom. The van der Waals surface area contributed by atoms with Gasteiger partial charge in [0, 0.05) is 0 Å². The Bertz CT molecular complexity index is 103. The molecule has 0 saturated heterocycles. The molecule has 0 aliphatic carbocycles. The van der Waals surface area contributed by atoms with Crippen LogP contribution in [0.1, 0.15) is 0 Å². The van der Waals surface area contributed by atoms with E-state index in [9.17, 15) is 0 Å². The lowest BCUT2D eigenvalue weighted by atomic mass is 10.9. The minimum Gasteiger partial charge on any atom is -0.245 e. The first-order valence-corrected chi connectivity index (χ1v) is 1.91. The van der Waals surface area contributed by atoms with Crippen LogP contribution in [0.15, 0.2) is 11.4 Å². The summed E-state index contributed by atoms with van der Waals surface area (Å²) in [7, 11) is 0. The summed E-state index contributed by atoms with van der Waals surface area (Å²) in [5.41, 5.74) is 0. The van der Waals surface area contributed by atoms with Crippen LogP contribution < -0.4 is 10.3 Å². The Morgan fingerprint density at radius 1 is 1.83 bits per heavy atom. The van der Waals surface area contributed by atoms with Gasteiger partial charge in [-0.15, -0.1) is 0 Å². The Hall–Kier alpha value is -0.500. The summed E-state index contributed by atoms with van der Waals surface area (Å²) in [4.78, 5) is 3.63. The zero-order valence-electron chi connectivity index (χ0n) is 2.98. The average molecular weight is 103 g/mol. The molecular formula is C3H3ClN2+. The van der Waals surface area contributed by atoms with Gasteiger partial charge in [-0.2, -0.15) is 0 Å². The van der Waals surface area contributed by atoms with Crippen molar-refractivity contribution in [1.82, 2.24) is 10.3 Å². The molecule has 0 aromatic carbocycles. The Balaban J connectivity index is 2.68. The van der Waals surface area contributed by atoms with Crippen molar-refractivity contribution in [3.63, 3.8) is 0 Å². The van der Waals surface area contributed by atoms with E-state index in [1.54, 1.807) is 6.20 Å². The normalized spacial score (nSPS) is 17.2. The molecule has 0 spiro atoms. The molecule has 0 amide bonds. The largest absolute Gasteiger partial charge is 0.286 e. The van der Waals surface area contributed by atoms with Crippen molar-refractivity contribution in [2.45, 2.75) is 0 Å². The highest BCUT2D eigenvalue weighted by atomic mass is 35.5. The van der Waals surface area contributed by atoms with Gasteiger partial charge in [0.15, 0.2) is 6.20 Å². The van der Waals surface area contributed by atoms with E-state index < -0.39 is 0 Å². The zero-order valence-corrected chi connectivity index (χ0v) is 3.74. The van der Waals surface area contributed by atoms with Crippen LogP contribution in [0.3, 0.4) is 0 Å². The second kappa shape index (κ2) is 1.30. The molecule has 0 aromatic heterocycles. The van der Waals surface area contributed by atoms with Crippen molar-refractivity contribution in [2.24, 2.45) is 0 Å². The summed E-state index contributed by atoms with van der Waals surface area (Å²) < 4.78 is 0. The van der Waals surface area contributed by atoms with Gasteiger partial charge in [-0.25, -0.2) is 5.32 Å². The number of nitrogens with zero attached hydrogens (tertiary/aromatic N) is 1. The van der Waals surface area contributed by atoms with E-state index in [2.05, 4.69) is 10.3 Å². The van der Waals surface area contributed by atoms with Crippen LogP contribution in [-0.2, 0) is 0 Å². The number of hydrogen-bond donors (Lipinski definition) is 1. The van der Waals surface area contributed by atoms with Gasteiger partial charge in [0.1, 0.15) is 0 Å². The van der Waals surface area contributed by atoms with Crippen molar-refractivity contribution >= 4 is 17.9 Å². The monoisotopic (exact) mass is 102 g/mol. The molecule has 3 heteroatoms.